The van der Waals surface area contributed by atoms with Gasteiger partial charge in [-0.1, -0.05) is 0 Å². The first-order valence-corrected chi connectivity index (χ1v) is 10.4. The largest absolute Gasteiger partial charge is 0.496 e. The van der Waals surface area contributed by atoms with Crippen molar-refractivity contribution in [1.82, 2.24) is 9.80 Å². The number of fused-ring (bicyclic) bond motifs is 1. The molecule has 0 unspecified atom stereocenters. The number of benzene rings is 2. The van der Waals surface area contributed by atoms with Gasteiger partial charge in [0.1, 0.15) is 40.6 Å². The fourth-order valence-corrected chi connectivity index (χ4v) is 3.73. The highest BCUT2D eigenvalue weighted by molar-refractivity contribution is 5.86. The summed E-state index contributed by atoms with van der Waals surface area (Å²) in [6, 6.07) is 12.4. The summed E-state index contributed by atoms with van der Waals surface area (Å²) < 4.78 is 22.5. The molecule has 0 radical (unpaired) electrons. The van der Waals surface area contributed by atoms with Crippen LogP contribution in [0, 0.1) is 0 Å². The molecule has 0 aliphatic carbocycles. The van der Waals surface area contributed by atoms with Gasteiger partial charge in [-0.2, -0.15) is 0 Å². The Kier molecular flexibility index (Phi) is 6.44. The van der Waals surface area contributed by atoms with Gasteiger partial charge in [-0.05, 0) is 31.3 Å². The standard InChI is InChI=1S/C24H28N2O5/c1-25-8-10-26(11-9-25)12-13-30-18-6-4-17(5-7-18)21-16-20(27)24-22(29-3)14-19(28-2)15-23(24)31-21/h4-7,14-16H,8-13H2,1-3H3. The summed E-state index contributed by atoms with van der Waals surface area (Å²) in [5, 5.41) is 0.399. The van der Waals surface area contributed by atoms with Crippen LogP contribution < -0.4 is 19.6 Å². The van der Waals surface area contributed by atoms with E-state index in [1.165, 1.54) is 13.2 Å². The maximum absolute atomic E-state index is 12.7. The maximum atomic E-state index is 12.7. The lowest BCUT2D eigenvalue weighted by atomic mass is 10.1. The molecule has 2 aromatic carbocycles. The van der Waals surface area contributed by atoms with E-state index in [0.717, 1.165) is 44.0 Å². The van der Waals surface area contributed by atoms with E-state index in [9.17, 15) is 4.79 Å². The Labute approximate surface area is 181 Å². The van der Waals surface area contributed by atoms with Gasteiger partial charge in [0.2, 0.25) is 0 Å². The van der Waals surface area contributed by atoms with Crippen LogP contribution in [-0.4, -0.2) is 70.4 Å². The lowest BCUT2D eigenvalue weighted by Crippen LogP contribution is -2.45. The second-order valence-electron chi connectivity index (χ2n) is 7.70. The normalized spacial score (nSPS) is 15.2. The number of ether oxygens (including phenoxy) is 3. The number of nitrogens with zero attached hydrogens (tertiary/aromatic N) is 2. The van der Waals surface area contributed by atoms with Crippen LogP contribution in [0.15, 0.2) is 51.7 Å². The highest BCUT2D eigenvalue weighted by Gasteiger charge is 2.15. The topological polar surface area (TPSA) is 64.4 Å². The van der Waals surface area contributed by atoms with Crippen LogP contribution in [0.2, 0.25) is 0 Å². The van der Waals surface area contributed by atoms with E-state index in [2.05, 4.69) is 16.8 Å². The van der Waals surface area contributed by atoms with Crippen molar-refractivity contribution in [3.63, 3.8) is 0 Å². The summed E-state index contributed by atoms with van der Waals surface area (Å²) in [4.78, 5) is 17.5. The third-order valence-electron chi connectivity index (χ3n) is 5.63. The van der Waals surface area contributed by atoms with E-state index in [1.54, 1.807) is 19.2 Å². The molecule has 4 rings (SSSR count). The monoisotopic (exact) mass is 424 g/mol. The number of hydrogen-bond donors (Lipinski definition) is 0. The minimum absolute atomic E-state index is 0.164. The molecule has 0 amide bonds. The van der Waals surface area contributed by atoms with Crippen molar-refractivity contribution in [3.8, 4) is 28.6 Å². The third kappa shape index (κ3) is 4.84. The summed E-state index contributed by atoms with van der Waals surface area (Å²) in [5.41, 5.74) is 1.06. The van der Waals surface area contributed by atoms with Crippen LogP contribution in [0.25, 0.3) is 22.3 Å². The zero-order chi connectivity index (χ0) is 21.8. The zero-order valence-corrected chi connectivity index (χ0v) is 18.2. The van der Waals surface area contributed by atoms with Crippen molar-refractivity contribution >= 4 is 11.0 Å². The van der Waals surface area contributed by atoms with Gasteiger partial charge < -0.3 is 23.5 Å². The van der Waals surface area contributed by atoms with Gasteiger partial charge in [-0.15, -0.1) is 0 Å². The Balaban J connectivity index is 1.47. The average Bonchev–Trinajstić information content (AvgIpc) is 2.79. The molecular formula is C24H28N2O5. The van der Waals surface area contributed by atoms with Gasteiger partial charge in [0.15, 0.2) is 5.43 Å². The minimum Gasteiger partial charge on any atom is -0.496 e. The molecule has 7 nitrogen and oxygen atoms in total. The molecule has 1 saturated heterocycles. The first kappa shape index (κ1) is 21.2. The second kappa shape index (κ2) is 9.41. The molecule has 1 fully saturated rings. The quantitative estimate of drug-likeness (QED) is 0.577. The van der Waals surface area contributed by atoms with Crippen molar-refractivity contribution < 1.29 is 18.6 Å². The summed E-state index contributed by atoms with van der Waals surface area (Å²) in [7, 11) is 5.23. The molecule has 0 atom stereocenters. The predicted octanol–water partition coefficient (Wildman–Crippen LogP) is 3.10. The van der Waals surface area contributed by atoms with Crippen LogP contribution >= 0.6 is 0 Å². The summed E-state index contributed by atoms with van der Waals surface area (Å²) in [5.74, 6) is 2.27. The van der Waals surface area contributed by atoms with E-state index in [-0.39, 0.29) is 5.43 Å². The molecule has 7 heteroatoms. The average molecular weight is 424 g/mol. The van der Waals surface area contributed by atoms with E-state index < -0.39 is 0 Å². The van der Waals surface area contributed by atoms with E-state index in [0.29, 0.717) is 34.8 Å². The molecule has 2 heterocycles. The summed E-state index contributed by atoms with van der Waals surface area (Å²) in [6.45, 7) is 5.92. The zero-order valence-electron chi connectivity index (χ0n) is 18.2. The highest BCUT2D eigenvalue weighted by Crippen LogP contribution is 2.32. The van der Waals surface area contributed by atoms with Gasteiger partial charge in [0.25, 0.3) is 0 Å². The Morgan fingerprint density at radius 2 is 1.68 bits per heavy atom. The van der Waals surface area contributed by atoms with Gasteiger partial charge >= 0.3 is 0 Å². The molecule has 1 aliphatic rings. The fraction of sp³-hybridized carbons (Fsp3) is 0.375. The van der Waals surface area contributed by atoms with E-state index >= 15 is 0 Å². The van der Waals surface area contributed by atoms with Gasteiger partial charge in [0.05, 0.1) is 14.2 Å². The third-order valence-corrected chi connectivity index (χ3v) is 5.63. The first-order valence-electron chi connectivity index (χ1n) is 10.4. The Bertz CT molecular complexity index is 1090. The van der Waals surface area contributed by atoms with Crippen LogP contribution in [-0.2, 0) is 0 Å². The number of methoxy groups -OCH3 is 2. The molecule has 3 aromatic rings. The van der Waals surface area contributed by atoms with Gasteiger partial charge in [0, 0.05) is 56.5 Å². The van der Waals surface area contributed by atoms with Crippen LogP contribution in [0.3, 0.4) is 0 Å². The smallest absolute Gasteiger partial charge is 0.197 e. The summed E-state index contributed by atoms with van der Waals surface area (Å²) >= 11 is 0. The van der Waals surface area contributed by atoms with E-state index in [4.69, 9.17) is 18.6 Å². The number of piperazine rings is 1. The van der Waals surface area contributed by atoms with Gasteiger partial charge in [-0.3, -0.25) is 9.69 Å². The molecule has 1 aliphatic heterocycles. The Morgan fingerprint density at radius 3 is 2.35 bits per heavy atom. The molecule has 1 aromatic heterocycles. The van der Waals surface area contributed by atoms with Crippen molar-refractivity contribution in [2.45, 2.75) is 0 Å². The summed E-state index contributed by atoms with van der Waals surface area (Å²) in [6.07, 6.45) is 0. The Hall–Kier alpha value is -3.03. The first-order chi connectivity index (χ1) is 15.1. The second-order valence-corrected chi connectivity index (χ2v) is 7.70. The Morgan fingerprint density at radius 1 is 0.935 bits per heavy atom. The molecule has 0 bridgehead atoms. The van der Waals surface area contributed by atoms with Crippen molar-refractivity contribution in [3.05, 3.63) is 52.7 Å². The van der Waals surface area contributed by atoms with Crippen molar-refractivity contribution in [2.24, 2.45) is 0 Å². The lowest BCUT2D eigenvalue weighted by Gasteiger charge is -2.32. The van der Waals surface area contributed by atoms with Crippen molar-refractivity contribution in [1.29, 1.82) is 0 Å². The molecule has 0 spiro atoms. The predicted molar refractivity (Wildman–Crippen MR) is 120 cm³/mol. The van der Waals surface area contributed by atoms with Gasteiger partial charge in [-0.25, -0.2) is 0 Å². The SMILES string of the molecule is COc1cc(OC)c2c(=O)cc(-c3ccc(OCCN4CCN(C)CC4)cc3)oc2c1. The molecule has 0 N–H and O–H groups in total. The van der Waals surface area contributed by atoms with Crippen LogP contribution in [0.1, 0.15) is 0 Å². The van der Waals surface area contributed by atoms with Crippen LogP contribution in [0.5, 0.6) is 17.2 Å². The van der Waals surface area contributed by atoms with Crippen LogP contribution in [0.4, 0.5) is 0 Å². The molecular weight excluding hydrogens is 396 g/mol. The van der Waals surface area contributed by atoms with Crippen molar-refractivity contribution in [2.75, 3.05) is 60.6 Å². The number of likely N-dealkylation sites (N-methyl/N-ethyl adjacent to an activating group) is 1. The van der Waals surface area contributed by atoms with E-state index in [1.807, 2.05) is 24.3 Å². The maximum Gasteiger partial charge on any atom is 0.197 e. The lowest BCUT2D eigenvalue weighted by molar-refractivity contribution is 0.134. The molecule has 31 heavy (non-hydrogen) atoms. The number of rotatable bonds is 7. The fourth-order valence-electron chi connectivity index (χ4n) is 3.73. The minimum atomic E-state index is -0.164. The highest BCUT2D eigenvalue weighted by atomic mass is 16.5. The molecule has 164 valence electrons. The number of hydrogen-bond acceptors (Lipinski definition) is 7. The molecule has 0 saturated carbocycles.